The van der Waals surface area contributed by atoms with Crippen LogP contribution in [0.15, 0.2) is 30.3 Å². The lowest BCUT2D eigenvalue weighted by molar-refractivity contribution is -0.327. The van der Waals surface area contributed by atoms with Gasteiger partial charge < -0.3 is 60.2 Å². The molecule has 2 rings (SSSR count). The van der Waals surface area contributed by atoms with E-state index in [1.807, 2.05) is 30.3 Å². The van der Waals surface area contributed by atoms with Gasteiger partial charge in [-0.2, -0.15) is 0 Å². The summed E-state index contributed by atoms with van der Waals surface area (Å²) in [6.45, 7) is 1.44. The lowest BCUT2D eigenvalue weighted by Crippen LogP contribution is -2.62. The highest BCUT2D eigenvalue weighted by molar-refractivity contribution is 5.14. The Labute approximate surface area is 304 Å². The normalized spacial score (nSPS) is 24.0. The van der Waals surface area contributed by atoms with Crippen molar-refractivity contribution in [2.45, 2.75) is 165 Å². The molecule has 298 valence electrons. The van der Waals surface area contributed by atoms with Gasteiger partial charge in [-0.3, -0.25) is 4.90 Å². The number of unbranched alkanes of at least 4 members (excludes halogenated alkanes) is 13. The molecule has 51 heavy (non-hydrogen) atoms. The molecule has 1 aliphatic heterocycles. The Kier molecular flexibility index (Phi) is 24.6. The van der Waals surface area contributed by atoms with Crippen molar-refractivity contribution in [2.75, 3.05) is 39.5 Å². The SMILES string of the molecule is CCCCCCCCCCCCCCCCOCC(O)CN(Cc1ccccc1)C[C@H](O)[C@@H](O[C@@H]1O[C@H](CO)[C@@H](O)[C@H](O)[C@H]1O)[C@H](O)[C@H](O)CO. The average Bonchev–Trinajstić information content (AvgIpc) is 3.13. The maximum Gasteiger partial charge on any atom is 0.187 e. The van der Waals surface area contributed by atoms with Crippen molar-refractivity contribution in [3.05, 3.63) is 35.9 Å². The minimum Gasteiger partial charge on any atom is -0.394 e. The van der Waals surface area contributed by atoms with Gasteiger partial charge in [0.25, 0.3) is 0 Å². The lowest BCUT2D eigenvalue weighted by Gasteiger charge is -2.42. The van der Waals surface area contributed by atoms with Gasteiger partial charge in [-0.05, 0) is 12.0 Å². The molecule has 10 atom stereocenters. The second-order valence-corrected chi connectivity index (χ2v) is 14.1. The highest BCUT2D eigenvalue weighted by Crippen LogP contribution is 2.25. The zero-order valence-electron chi connectivity index (χ0n) is 30.7. The van der Waals surface area contributed by atoms with Gasteiger partial charge in [-0.15, -0.1) is 0 Å². The van der Waals surface area contributed by atoms with Gasteiger partial charge in [-0.25, -0.2) is 0 Å². The zero-order valence-corrected chi connectivity index (χ0v) is 30.7. The topological polar surface area (TPSA) is 213 Å². The maximum absolute atomic E-state index is 11.3. The number of nitrogens with zero attached hydrogens (tertiary/aromatic N) is 1. The van der Waals surface area contributed by atoms with Crippen molar-refractivity contribution in [1.29, 1.82) is 0 Å². The Bertz CT molecular complexity index is 962. The number of ether oxygens (including phenoxy) is 3. The molecule has 1 aromatic rings. The molecule has 0 spiro atoms. The van der Waals surface area contributed by atoms with Gasteiger partial charge in [0.1, 0.15) is 42.7 Å². The summed E-state index contributed by atoms with van der Waals surface area (Å²) in [7, 11) is 0. The van der Waals surface area contributed by atoms with E-state index in [2.05, 4.69) is 6.92 Å². The Morgan fingerprint density at radius 3 is 1.82 bits per heavy atom. The van der Waals surface area contributed by atoms with E-state index in [9.17, 15) is 46.0 Å². The van der Waals surface area contributed by atoms with Crippen LogP contribution in [-0.4, -0.2) is 152 Å². The molecule has 1 unspecified atom stereocenters. The van der Waals surface area contributed by atoms with E-state index < -0.39 is 74.4 Å². The van der Waals surface area contributed by atoms with Crippen LogP contribution in [0.25, 0.3) is 0 Å². The van der Waals surface area contributed by atoms with E-state index in [1.165, 1.54) is 70.6 Å². The Hall–Kier alpha value is -1.30. The number of hydrogen-bond donors (Lipinski definition) is 9. The third-order valence-electron chi connectivity index (χ3n) is 9.55. The van der Waals surface area contributed by atoms with Crippen LogP contribution in [-0.2, 0) is 20.8 Å². The molecule has 1 aliphatic rings. The van der Waals surface area contributed by atoms with Crippen LogP contribution >= 0.6 is 0 Å². The third kappa shape index (κ3) is 18.1. The van der Waals surface area contributed by atoms with E-state index in [0.717, 1.165) is 24.8 Å². The number of benzene rings is 1. The summed E-state index contributed by atoms with van der Waals surface area (Å²) in [6.07, 6.45) is 1.68. The second-order valence-electron chi connectivity index (χ2n) is 14.1. The van der Waals surface area contributed by atoms with Crippen molar-refractivity contribution in [2.24, 2.45) is 0 Å². The van der Waals surface area contributed by atoms with Gasteiger partial charge >= 0.3 is 0 Å². The van der Waals surface area contributed by atoms with E-state index in [4.69, 9.17) is 14.2 Å². The van der Waals surface area contributed by atoms with Crippen LogP contribution in [0.4, 0.5) is 0 Å². The molecular formula is C38H69NO12. The first-order chi connectivity index (χ1) is 24.6. The molecule has 9 N–H and O–H groups in total. The van der Waals surface area contributed by atoms with Gasteiger partial charge in [0.15, 0.2) is 6.29 Å². The Morgan fingerprint density at radius 1 is 0.706 bits per heavy atom. The molecule has 0 aromatic heterocycles. The van der Waals surface area contributed by atoms with E-state index in [1.54, 1.807) is 4.90 Å². The first kappa shape index (κ1) is 45.9. The Morgan fingerprint density at radius 2 is 1.27 bits per heavy atom. The molecule has 0 bridgehead atoms. The molecule has 1 heterocycles. The minimum absolute atomic E-state index is 0.0795. The van der Waals surface area contributed by atoms with Crippen molar-refractivity contribution in [3.8, 4) is 0 Å². The average molecular weight is 732 g/mol. The first-order valence-corrected chi connectivity index (χ1v) is 19.3. The van der Waals surface area contributed by atoms with Crippen LogP contribution in [0.5, 0.6) is 0 Å². The summed E-state index contributed by atoms with van der Waals surface area (Å²) in [5.74, 6) is 0. The number of aliphatic hydroxyl groups is 9. The standard InChI is InChI=1S/C38H69NO12/c1-2-3-4-5-6-7-8-9-10-11-12-13-14-18-21-49-27-29(42)23-39(22-28-19-16-15-17-20-28)24-30(43)37(33(45)31(44)25-40)51-38-36(48)35(47)34(46)32(26-41)50-38/h15-17,19-20,29-38,40-48H,2-14,18,21-27H2,1H3/t29?,30-,31+,32+,33+,34+,35-,36+,37+,38-/m0/s1. The molecule has 1 saturated heterocycles. The summed E-state index contributed by atoms with van der Waals surface area (Å²) in [4.78, 5) is 1.72. The first-order valence-electron chi connectivity index (χ1n) is 19.3. The maximum atomic E-state index is 11.3. The van der Waals surface area contributed by atoms with E-state index >= 15 is 0 Å². The molecule has 0 saturated carbocycles. The molecule has 0 aliphatic carbocycles. The zero-order chi connectivity index (χ0) is 37.4. The van der Waals surface area contributed by atoms with Crippen LogP contribution < -0.4 is 0 Å². The monoisotopic (exact) mass is 731 g/mol. The van der Waals surface area contributed by atoms with Crippen LogP contribution in [0.3, 0.4) is 0 Å². The highest BCUT2D eigenvalue weighted by atomic mass is 16.7. The van der Waals surface area contributed by atoms with Gasteiger partial charge in [0, 0.05) is 26.2 Å². The van der Waals surface area contributed by atoms with E-state index in [-0.39, 0.29) is 19.7 Å². The van der Waals surface area contributed by atoms with E-state index in [0.29, 0.717) is 13.2 Å². The molecule has 1 aromatic carbocycles. The Balaban J connectivity index is 1.85. The van der Waals surface area contributed by atoms with Crippen LogP contribution in [0.2, 0.25) is 0 Å². The molecule has 0 radical (unpaired) electrons. The minimum atomic E-state index is -1.87. The third-order valence-corrected chi connectivity index (χ3v) is 9.55. The molecule has 13 nitrogen and oxygen atoms in total. The highest BCUT2D eigenvalue weighted by Gasteiger charge is 2.47. The van der Waals surface area contributed by atoms with Crippen LogP contribution in [0, 0.1) is 0 Å². The quantitative estimate of drug-likeness (QED) is 0.0516. The fourth-order valence-corrected chi connectivity index (χ4v) is 6.44. The van der Waals surface area contributed by atoms with Gasteiger partial charge in [0.05, 0.1) is 32.0 Å². The summed E-state index contributed by atoms with van der Waals surface area (Å²) in [6, 6.07) is 9.33. The summed E-state index contributed by atoms with van der Waals surface area (Å²) in [5.41, 5.74) is 0.877. The summed E-state index contributed by atoms with van der Waals surface area (Å²) < 4.78 is 16.8. The van der Waals surface area contributed by atoms with Crippen molar-refractivity contribution >= 4 is 0 Å². The second kappa shape index (κ2) is 27.3. The van der Waals surface area contributed by atoms with Crippen molar-refractivity contribution in [3.63, 3.8) is 0 Å². The smallest absolute Gasteiger partial charge is 0.187 e. The molecule has 0 amide bonds. The van der Waals surface area contributed by atoms with Gasteiger partial charge in [0.2, 0.25) is 0 Å². The van der Waals surface area contributed by atoms with Crippen molar-refractivity contribution < 1.29 is 60.2 Å². The number of hydrogen-bond acceptors (Lipinski definition) is 13. The van der Waals surface area contributed by atoms with Crippen molar-refractivity contribution in [1.82, 2.24) is 4.90 Å². The predicted molar refractivity (Wildman–Crippen MR) is 193 cm³/mol. The fourth-order valence-electron chi connectivity index (χ4n) is 6.44. The van der Waals surface area contributed by atoms with Crippen LogP contribution in [0.1, 0.15) is 102 Å². The largest absolute Gasteiger partial charge is 0.394 e. The molecule has 1 fully saturated rings. The number of aliphatic hydroxyl groups excluding tert-OH is 9. The van der Waals surface area contributed by atoms with Gasteiger partial charge in [-0.1, -0.05) is 121 Å². The number of rotatable bonds is 30. The summed E-state index contributed by atoms with van der Waals surface area (Å²) >= 11 is 0. The lowest BCUT2D eigenvalue weighted by atomic mass is 9.98. The predicted octanol–water partition coefficient (Wildman–Crippen LogP) is 1.61. The summed E-state index contributed by atoms with van der Waals surface area (Å²) in [5, 5.41) is 93.1. The fraction of sp³-hybridized carbons (Fsp3) is 0.842. The molecule has 13 heteroatoms. The molecular weight excluding hydrogens is 662 g/mol.